The van der Waals surface area contributed by atoms with Gasteiger partial charge in [0.05, 0.1) is 18.4 Å². The van der Waals surface area contributed by atoms with Crippen molar-refractivity contribution in [1.82, 2.24) is 0 Å². The van der Waals surface area contributed by atoms with E-state index in [1.807, 2.05) is 32.0 Å². The van der Waals surface area contributed by atoms with Gasteiger partial charge in [0.1, 0.15) is 11.4 Å². The first-order chi connectivity index (χ1) is 16.0. The van der Waals surface area contributed by atoms with E-state index in [0.717, 1.165) is 11.1 Å². The van der Waals surface area contributed by atoms with E-state index in [1.54, 1.807) is 42.5 Å². The van der Waals surface area contributed by atoms with Crippen LogP contribution in [0.25, 0.3) is 5.57 Å². The molecule has 2 aliphatic rings. The van der Waals surface area contributed by atoms with Crippen LogP contribution in [0.1, 0.15) is 16.7 Å². The van der Waals surface area contributed by atoms with E-state index in [4.69, 9.17) is 14.2 Å². The van der Waals surface area contributed by atoms with Crippen LogP contribution >= 0.6 is 0 Å². The molecule has 0 aliphatic carbocycles. The van der Waals surface area contributed by atoms with Crippen LogP contribution in [-0.4, -0.2) is 25.7 Å². The van der Waals surface area contributed by atoms with Crippen LogP contribution in [0, 0.1) is 13.8 Å². The first-order valence-electron chi connectivity index (χ1n) is 10.5. The molecule has 0 radical (unpaired) electrons. The fourth-order valence-electron chi connectivity index (χ4n) is 3.91. The number of imide groups is 1. The molecule has 0 saturated heterocycles. The molecule has 1 N–H and O–H groups in total. The number of hydrogen-bond acceptors (Lipinski definition) is 6. The van der Waals surface area contributed by atoms with Gasteiger partial charge in [-0.05, 0) is 54.8 Å². The zero-order chi connectivity index (χ0) is 23.1. The van der Waals surface area contributed by atoms with Crippen molar-refractivity contribution < 1.29 is 23.8 Å². The number of rotatable bonds is 5. The zero-order valence-electron chi connectivity index (χ0n) is 18.5. The van der Waals surface area contributed by atoms with Gasteiger partial charge in [0.2, 0.25) is 6.79 Å². The Morgan fingerprint density at radius 3 is 2.48 bits per heavy atom. The molecule has 2 amide bonds. The quantitative estimate of drug-likeness (QED) is 0.589. The highest BCUT2D eigenvalue weighted by molar-refractivity contribution is 6.46. The summed E-state index contributed by atoms with van der Waals surface area (Å²) in [6.45, 7) is 4.13. The molecule has 33 heavy (non-hydrogen) atoms. The van der Waals surface area contributed by atoms with Crippen molar-refractivity contribution in [3.8, 4) is 17.2 Å². The Balaban J connectivity index is 1.61. The Morgan fingerprint density at radius 2 is 1.70 bits per heavy atom. The number of aryl methyl sites for hydroxylation is 2. The predicted octanol–water partition coefficient (Wildman–Crippen LogP) is 4.44. The van der Waals surface area contributed by atoms with Gasteiger partial charge < -0.3 is 19.5 Å². The number of carbonyl (C=O) groups excluding carboxylic acids is 2. The molecule has 166 valence electrons. The molecule has 7 heteroatoms. The van der Waals surface area contributed by atoms with Crippen LogP contribution in [0.4, 0.5) is 11.4 Å². The highest BCUT2D eigenvalue weighted by Crippen LogP contribution is 2.38. The molecular formula is C26H22N2O5. The number of fused-ring (bicyclic) bond motifs is 1. The number of benzene rings is 3. The summed E-state index contributed by atoms with van der Waals surface area (Å²) < 4.78 is 16.1. The lowest BCUT2D eigenvalue weighted by atomic mass is 9.99. The van der Waals surface area contributed by atoms with Gasteiger partial charge >= 0.3 is 0 Å². The zero-order valence-corrected chi connectivity index (χ0v) is 18.5. The summed E-state index contributed by atoms with van der Waals surface area (Å²) in [5.41, 5.74) is 4.37. The van der Waals surface area contributed by atoms with Crippen LogP contribution in [0.15, 0.2) is 66.4 Å². The van der Waals surface area contributed by atoms with E-state index in [2.05, 4.69) is 5.32 Å². The lowest BCUT2D eigenvalue weighted by Crippen LogP contribution is -2.32. The van der Waals surface area contributed by atoms with Crippen molar-refractivity contribution in [3.63, 3.8) is 0 Å². The molecule has 7 nitrogen and oxygen atoms in total. The van der Waals surface area contributed by atoms with Gasteiger partial charge in [0, 0.05) is 17.8 Å². The fourth-order valence-corrected chi connectivity index (χ4v) is 3.91. The molecule has 0 saturated carbocycles. The van der Waals surface area contributed by atoms with Crippen LogP contribution in [-0.2, 0) is 9.59 Å². The van der Waals surface area contributed by atoms with E-state index in [0.29, 0.717) is 39.8 Å². The van der Waals surface area contributed by atoms with E-state index in [1.165, 1.54) is 12.0 Å². The number of methoxy groups -OCH3 is 1. The van der Waals surface area contributed by atoms with E-state index >= 15 is 0 Å². The van der Waals surface area contributed by atoms with Crippen LogP contribution in [0.2, 0.25) is 0 Å². The van der Waals surface area contributed by atoms with Gasteiger partial charge in [-0.15, -0.1) is 0 Å². The number of anilines is 2. The van der Waals surface area contributed by atoms with Crippen LogP contribution in [0.3, 0.4) is 0 Å². The fraction of sp³-hybridized carbons (Fsp3) is 0.154. The van der Waals surface area contributed by atoms with Crippen molar-refractivity contribution in [1.29, 1.82) is 0 Å². The summed E-state index contributed by atoms with van der Waals surface area (Å²) in [5.74, 6) is 0.919. The lowest BCUT2D eigenvalue weighted by Gasteiger charge is -2.16. The van der Waals surface area contributed by atoms with Crippen molar-refractivity contribution in [3.05, 3.63) is 83.1 Å². The number of nitrogens with zero attached hydrogens (tertiary/aromatic N) is 1. The smallest absolute Gasteiger partial charge is 0.282 e. The van der Waals surface area contributed by atoms with Crippen molar-refractivity contribution >= 4 is 28.8 Å². The second-order valence-corrected chi connectivity index (χ2v) is 7.89. The average Bonchev–Trinajstić information content (AvgIpc) is 3.38. The van der Waals surface area contributed by atoms with Gasteiger partial charge in [0.15, 0.2) is 11.5 Å². The lowest BCUT2D eigenvalue weighted by molar-refractivity contribution is -0.120. The van der Waals surface area contributed by atoms with Crippen molar-refractivity contribution in [2.75, 3.05) is 24.1 Å². The molecule has 3 aromatic rings. The van der Waals surface area contributed by atoms with Crippen molar-refractivity contribution in [2.45, 2.75) is 13.8 Å². The molecule has 0 aromatic heterocycles. The van der Waals surface area contributed by atoms with E-state index in [-0.39, 0.29) is 12.5 Å². The van der Waals surface area contributed by atoms with Gasteiger partial charge in [-0.2, -0.15) is 0 Å². The third-order valence-electron chi connectivity index (χ3n) is 5.83. The van der Waals surface area contributed by atoms with Gasteiger partial charge in [-0.25, -0.2) is 4.90 Å². The van der Waals surface area contributed by atoms with Crippen molar-refractivity contribution in [2.24, 2.45) is 0 Å². The predicted molar refractivity (Wildman–Crippen MR) is 125 cm³/mol. The highest BCUT2D eigenvalue weighted by Gasteiger charge is 2.40. The summed E-state index contributed by atoms with van der Waals surface area (Å²) >= 11 is 0. The maximum absolute atomic E-state index is 13.6. The van der Waals surface area contributed by atoms with E-state index < -0.39 is 11.8 Å². The van der Waals surface area contributed by atoms with Gasteiger partial charge in [-0.3, -0.25) is 9.59 Å². The Bertz CT molecular complexity index is 1330. The molecule has 5 rings (SSSR count). The molecule has 2 aliphatic heterocycles. The number of amides is 2. The molecule has 0 bridgehead atoms. The summed E-state index contributed by atoms with van der Waals surface area (Å²) in [5, 5.41) is 3.16. The molecule has 0 atom stereocenters. The van der Waals surface area contributed by atoms with E-state index in [9.17, 15) is 9.59 Å². The molecule has 2 heterocycles. The minimum atomic E-state index is -0.445. The summed E-state index contributed by atoms with van der Waals surface area (Å²) in [4.78, 5) is 28.4. The minimum absolute atomic E-state index is 0.149. The molecular weight excluding hydrogens is 420 g/mol. The summed E-state index contributed by atoms with van der Waals surface area (Å²) in [7, 11) is 1.54. The van der Waals surface area contributed by atoms with Crippen LogP contribution < -0.4 is 24.4 Å². The standard InChI is InChI=1S/C26H22N2O5/c1-15-7-8-17(11-16(15)2)23-24(27-18-9-10-21-22(12-18)33-14-32-21)26(30)28(25(23)29)19-5-4-6-20(13-19)31-3/h4-13,27H,14H2,1-3H3. The maximum atomic E-state index is 13.6. The Labute approximate surface area is 191 Å². The number of nitrogens with one attached hydrogen (secondary N) is 1. The molecule has 3 aromatic carbocycles. The first-order valence-corrected chi connectivity index (χ1v) is 10.5. The largest absolute Gasteiger partial charge is 0.497 e. The third-order valence-corrected chi connectivity index (χ3v) is 5.83. The number of ether oxygens (including phenoxy) is 3. The molecule has 0 fully saturated rings. The third kappa shape index (κ3) is 3.57. The molecule has 0 unspecified atom stereocenters. The topological polar surface area (TPSA) is 77.1 Å². The average molecular weight is 442 g/mol. The monoisotopic (exact) mass is 442 g/mol. The second kappa shape index (κ2) is 8.02. The summed E-state index contributed by atoms with van der Waals surface area (Å²) in [6, 6.07) is 17.9. The Morgan fingerprint density at radius 1 is 0.879 bits per heavy atom. The van der Waals surface area contributed by atoms with Crippen LogP contribution in [0.5, 0.6) is 17.2 Å². The SMILES string of the molecule is COc1cccc(N2C(=O)C(Nc3ccc4c(c3)OCO4)=C(c3ccc(C)c(C)c3)C2=O)c1. The maximum Gasteiger partial charge on any atom is 0.282 e. The summed E-state index contributed by atoms with van der Waals surface area (Å²) in [6.07, 6.45) is 0. The highest BCUT2D eigenvalue weighted by atomic mass is 16.7. The van der Waals surface area contributed by atoms with Gasteiger partial charge in [-0.1, -0.05) is 24.3 Å². The van der Waals surface area contributed by atoms with Gasteiger partial charge in [0.25, 0.3) is 11.8 Å². The first kappa shape index (κ1) is 20.6. The minimum Gasteiger partial charge on any atom is -0.497 e. The second-order valence-electron chi connectivity index (χ2n) is 7.89. The number of carbonyl (C=O) groups is 2. The molecule has 0 spiro atoms. The normalized spacial score (nSPS) is 14.8. The Hall–Kier alpha value is -4.26. The number of hydrogen-bond donors (Lipinski definition) is 1. The Kier molecular flexibility index (Phi) is 5.01.